The normalized spacial score (nSPS) is 11.5. The first-order chi connectivity index (χ1) is 6.32. The van der Waals surface area contributed by atoms with Gasteiger partial charge in [-0.1, -0.05) is 34.8 Å². The van der Waals surface area contributed by atoms with Crippen molar-refractivity contribution >= 4 is 40.6 Å². The molecular formula is C8H3Cl3F2O. The molecule has 0 atom stereocenters. The van der Waals surface area contributed by atoms with Gasteiger partial charge in [0.15, 0.2) is 0 Å². The van der Waals surface area contributed by atoms with E-state index in [0.717, 1.165) is 12.1 Å². The minimum atomic E-state index is -2.28. The summed E-state index contributed by atoms with van der Waals surface area (Å²) in [5.74, 6) is -2.80. The van der Waals surface area contributed by atoms with E-state index >= 15 is 0 Å². The molecule has 0 aliphatic carbocycles. The summed E-state index contributed by atoms with van der Waals surface area (Å²) in [7, 11) is 0. The zero-order valence-corrected chi connectivity index (χ0v) is 8.80. The molecule has 0 fully saturated rings. The van der Waals surface area contributed by atoms with Crippen LogP contribution in [0.5, 0.6) is 0 Å². The highest BCUT2D eigenvalue weighted by atomic mass is 35.6. The van der Waals surface area contributed by atoms with Crippen molar-refractivity contribution in [2.75, 3.05) is 0 Å². The smallest absolute Gasteiger partial charge is 0.253 e. The van der Waals surface area contributed by atoms with Gasteiger partial charge in [-0.15, -0.1) is 0 Å². The standard InChI is InChI=1S/C8H3Cl3F2O/c9-8(10,11)7(14)5-3-4(12)1-2-6(5)13/h1-3H. The summed E-state index contributed by atoms with van der Waals surface area (Å²) in [6.07, 6.45) is 0. The maximum absolute atomic E-state index is 13.0. The van der Waals surface area contributed by atoms with Gasteiger partial charge in [-0.05, 0) is 18.2 Å². The number of carbonyl (C=O) groups excluding carboxylic acids is 1. The summed E-state index contributed by atoms with van der Waals surface area (Å²) in [4.78, 5) is 11.2. The summed E-state index contributed by atoms with van der Waals surface area (Å²) < 4.78 is 23.4. The van der Waals surface area contributed by atoms with Crippen LogP contribution in [0.1, 0.15) is 10.4 Å². The topological polar surface area (TPSA) is 17.1 Å². The maximum atomic E-state index is 13.0. The van der Waals surface area contributed by atoms with Crippen molar-refractivity contribution in [1.29, 1.82) is 0 Å². The molecule has 1 nitrogen and oxygen atoms in total. The Morgan fingerprint density at radius 2 is 1.79 bits per heavy atom. The highest BCUT2D eigenvalue weighted by molar-refractivity contribution is 6.77. The van der Waals surface area contributed by atoms with Crippen molar-refractivity contribution < 1.29 is 13.6 Å². The number of carbonyl (C=O) groups is 1. The number of benzene rings is 1. The number of hydrogen-bond acceptors (Lipinski definition) is 1. The fourth-order valence-corrected chi connectivity index (χ4v) is 1.13. The molecule has 1 aromatic carbocycles. The summed E-state index contributed by atoms with van der Waals surface area (Å²) in [5.41, 5.74) is -0.579. The Morgan fingerprint density at radius 1 is 1.21 bits per heavy atom. The summed E-state index contributed by atoms with van der Waals surface area (Å²) in [6.45, 7) is 0. The number of hydrogen-bond donors (Lipinski definition) is 0. The molecule has 1 aromatic rings. The number of ketones is 1. The van der Waals surface area contributed by atoms with Gasteiger partial charge in [0.05, 0.1) is 5.56 Å². The van der Waals surface area contributed by atoms with Crippen LogP contribution in [-0.2, 0) is 0 Å². The second kappa shape index (κ2) is 4.01. The van der Waals surface area contributed by atoms with Crippen LogP contribution in [0, 0.1) is 11.6 Å². The molecular weight excluding hydrogens is 256 g/mol. The fourth-order valence-electron chi connectivity index (χ4n) is 0.824. The van der Waals surface area contributed by atoms with Crippen LogP contribution in [-0.4, -0.2) is 9.58 Å². The van der Waals surface area contributed by atoms with E-state index in [9.17, 15) is 13.6 Å². The van der Waals surface area contributed by atoms with Crippen LogP contribution in [0.15, 0.2) is 18.2 Å². The van der Waals surface area contributed by atoms with Crippen LogP contribution >= 0.6 is 34.8 Å². The molecule has 1 rings (SSSR count). The third-order valence-corrected chi connectivity index (χ3v) is 1.95. The lowest BCUT2D eigenvalue weighted by Crippen LogP contribution is -2.20. The third kappa shape index (κ3) is 2.56. The van der Waals surface area contributed by atoms with E-state index in [0.29, 0.717) is 6.07 Å². The predicted molar refractivity (Wildman–Crippen MR) is 51.0 cm³/mol. The van der Waals surface area contributed by atoms with Gasteiger partial charge in [-0.2, -0.15) is 0 Å². The van der Waals surface area contributed by atoms with Crippen molar-refractivity contribution in [1.82, 2.24) is 0 Å². The first-order valence-corrected chi connectivity index (χ1v) is 4.52. The molecule has 0 radical (unpaired) electrons. The Morgan fingerprint density at radius 3 is 2.29 bits per heavy atom. The third-order valence-electron chi connectivity index (χ3n) is 1.43. The number of alkyl halides is 3. The molecule has 0 saturated heterocycles. The highest BCUT2D eigenvalue weighted by Crippen LogP contribution is 2.31. The molecule has 0 aliphatic heterocycles. The molecule has 76 valence electrons. The Bertz CT molecular complexity index is 373. The van der Waals surface area contributed by atoms with E-state index in [1.54, 1.807) is 0 Å². The average molecular weight is 259 g/mol. The second-order valence-electron chi connectivity index (χ2n) is 2.45. The predicted octanol–water partition coefficient (Wildman–Crippen LogP) is 3.52. The minimum Gasteiger partial charge on any atom is -0.289 e. The molecule has 0 N–H and O–H groups in total. The molecule has 0 aliphatic rings. The summed E-state index contributed by atoms with van der Waals surface area (Å²) in [6, 6.07) is 2.34. The van der Waals surface area contributed by atoms with Crippen molar-refractivity contribution in [2.24, 2.45) is 0 Å². The van der Waals surface area contributed by atoms with Crippen LogP contribution in [0.4, 0.5) is 8.78 Å². The van der Waals surface area contributed by atoms with Gasteiger partial charge in [-0.3, -0.25) is 4.79 Å². The molecule has 0 amide bonds. The van der Waals surface area contributed by atoms with Crippen LogP contribution in [0.3, 0.4) is 0 Å². The number of Topliss-reactive ketones (excluding diaryl/α,β-unsaturated/α-hetero) is 1. The summed E-state index contributed by atoms with van der Waals surface area (Å²) in [5, 5.41) is 0. The van der Waals surface area contributed by atoms with Crippen molar-refractivity contribution in [2.45, 2.75) is 3.79 Å². The van der Waals surface area contributed by atoms with Gasteiger partial charge in [0.2, 0.25) is 5.78 Å². The van der Waals surface area contributed by atoms with Gasteiger partial charge < -0.3 is 0 Å². The van der Waals surface area contributed by atoms with E-state index in [1.165, 1.54) is 0 Å². The molecule has 0 aromatic heterocycles. The van der Waals surface area contributed by atoms with Gasteiger partial charge >= 0.3 is 0 Å². The van der Waals surface area contributed by atoms with Gasteiger partial charge in [0.1, 0.15) is 11.6 Å². The zero-order chi connectivity index (χ0) is 10.9. The van der Waals surface area contributed by atoms with E-state index in [-0.39, 0.29) is 0 Å². The van der Waals surface area contributed by atoms with Crippen LogP contribution < -0.4 is 0 Å². The molecule has 0 heterocycles. The van der Waals surface area contributed by atoms with Gasteiger partial charge in [0, 0.05) is 0 Å². The van der Waals surface area contributed by atoms with E-state index in [1.807, 2.05) is 0 Å². The maximum Gasteiger partial charge on any atom is 0.253 e. The van der Waals surface area contributed by atoms with Crippen molar-refractivity contribution in [3.8, 4) is 0 Å². The Kier molecular flexibility index (Phi) is 3.35. The molecule has 6 heteroatoms. The lowest BCUT2D eigenvalue weighted by atomic mass is 10.1. The quantitative estimate of drug-likeness (QED) is 0.557. The highest BCUT2D eigenvalue weighted by Gasteiger charge is 2.33. The first-order valence-electron chi connectivity index (χ1n) is 3.39. The van der Waals surface area contributed by atoms with E-state index in [4.69, 9.17) is 34.8 Å². The van der Waals surface area contributed by atoms with Crippen molar-refractivity contribution in [3.05, 3.63) is 35.4 Å². The molecule has 0 saturated carbocycles. The Labute approximate surface area is 93.6 Å². The Balaban J connectivity index is 3.19. The minimum absolute atomic E-state index is 0.579. The van der Waals surface area contributed by atoms with Gasteiger partial charge in [-0.25, -0.2) is 8.78 Å². The average Bonchev–Trinajstić information content (AvgIpc) is 2.06. The van der Waals surface area contributed by atoms with Gasteiger partial charge in [0.25, 0.3) is 3.79 Å². The van der Waals surface area contributed by atoms with E-state index in [2.05, 4.69) is 0 Å². The molecule has 14 heavy (non-hydrogen) atoms. The largest absolute Gasteiger partial charge is 0.289 e. The first kappa shape index (κ1) is 11.7. The SMILES string of the molecule is O=C(c1cc(F)ccc1F)C(Cl)(Cl)Cl. The van der Waals surface area contributed by atoms with E-state index < -0.39 is 26.8 Å². The fraction of sp³-hybridized carbons (Fsp3) is 0.125. The Hall–Kier alpha value is -0.380. The van der Waals surface area contributed by atoms with Crippen LogP contribution in [0.25, 0.3) is 0 Å². The lowest BCUT2D eigenvalue weighted by Gasteiger charge is -2.09. The van der Waals surface area contributed by atoms with Crippen molar-refractivity contribution in [3.63, 3.8) is 0 Å². The molecule has 0 spiro atoms. The van der Waals surface area contributed by atoms with Crippen LogP contribution in [0.2, 0.25) is 0 Å². The summed E-state index contributed by atoms with van der Waals surface area (Å²) >= 11 is 15.7. The second-order valence-corrected chi connectivity index (χ2v) is 4.73. The molecule has 0 unspecified atom stereocenters. The number of rotatable bonds is 1. The monoisotopic (exact) mass is 258 g/mol. The lowest BCUT2D eigenvalue weighted by molar-refractivity contribution is 0.0992. The molecule has 0 bridgehead atoms. The zero-order valence-electron chi connectivity index (χ0n) is 6.53. The number of halogens is 5.